The third kappa shape index (κ3) is 2.87. The number of fused-ring (bicyclic) bond motifs is 5. The number of benzene rings is 2. The topological polar surface area (TPSA) is 66.5 Å². The zero-order valence-corrected chi connectivity index (χ0v) is 16.6. The van der Waals surface area contributed by atoms with Crippen LogP contribution in [-0.4, -0.2) is 17.7 Å². The second-order valence-corrected chi connectivity index (χ2v) is 8.77. The van der Waals surface area contributed by atoms with Gasteiger partial charge in [0.25, 0.3) is 5.91 Å². The Morgan fingerprint density at radius 2 is 1.45 bits per heavy atom. The minimum absolute atomic E-state index is 0.0559. The Kier molecular flexibility index (Phi) is 4.09. The van der Waals surface area contributed by atoms with Gasteiger partial charge in [-0.15, -0.1) is 0 Å². The summed E-state index contributed by atoms with van der Waals surface area (Å²) >= 11 is 0. The molecule has 3 aliphatic rings. The quantitative estimate of drug-likeness (QED) is 0.806. The first kappa shape index (κ1) is 18.1. The van der Waals surface area contributed by atoms with Crippen molar-refractivity contribution in [2.75, 3.05) is 10.2 Å². The molecule has 0 spiro atoms. The summed E-state index contributed by atoms with van der Waals surface area (Å²) in [6, 6.07) is 12.7. The lowest BCUT2D eigenvalue weighted by atomic mass is 9.81. The largest absolute Gasteiger partial charge is 0.322 e. The Labute approximate surface area is 170 Å². The monoisotopic (exact) mass is 388 g/mol. The van der Waals surface area contributed by atoms with Crippen molar-refractivity contribution in [2.24, 2.45) is 23.7 Å². The molecule has 2 aromatic rings. The molecule has 4 atom stereocenters. The Morgan fingerprint density at radius 1 is 0.897 bits per heavy atom. The predicted octanol–water partition coefficient (Wildman–Crippen LogP) is 4.09. The van der Waals surface area contributed by atoms with Crippen molar-refractivity contribution >= 4 is 29.1 Å². The van der Waals surface area contributed by atoms with Gasteiger partial charge >= 0.3 is 0 Å². The highest BCUT2D eigenvalue weighted by Gasteiger charge is 2.61. The molecule has 3 amide bonds. The van der Waals surface area contributed by atoms with Gasteiger partial charge in [-0.05, 0) is 92.5 Å². The summed E-state index contributed by atoms with van der Waals surface area (Å²) in [7, 11) is 0. The summed E-state index contributed by atoms with van der Waals surface area (Å²) in [6.07, 6.45) is 3.16. The van der Waals surface area contributed by atoms with Crippen LogP contribution in [0.4, 0.5) is 11.4 Å². The molecular weight excluding hydrogens is 364 g/mol. The Balaban J connectivity index is 1.34. The molecule has 5 nitrogen and oxygen atoms in total. The maximum atomic E-state index is 12.9. The van der Waals surface area contributed by atoms with Crippen LogP contribution in [0.2, 0.25) is 0 Å². The number of amides is 3. The summed E-state index contributed by atoms with van der Waals surface area (Å²) < 4.78 is 0. The lowest BCUT2D eigenvalue weighted by molar-refractivity contribution is -0.123. The van der Waals surface area contributed by atoms with E-state index >= 15 is 0 Å². The zero-order valence-electron chi connectivity index (χ0n) is 16.6. The van der Waals surface area contributed by atoms with Crippen molar-refractivity contribution in [2.45, 2.75) is 33.1 Å². The number of anilines is 2. The smallest absolute Gasteiger partial charge is 0.255 e. The van der Waals surface area contributed by atoms with E-state index in [1.54, 1.807) is 24.3 Å². The fourth-order valence-electron chi connectivity index (χ4n) is 5.68. The molecule has 148 valence electrons. The van der Waals surface area contributed by atoms with Gasteiger partial charge in [-0.1, -0.05) is 6.07 Å². The second kappa shape index (κ2) is 6.55. The molecule has 0 unspecified atom stereocenters. The summed E-state index contributed by atoms with van der Waals surface area (Å²) in [6.45, 7) is 3.98. The van der Waals surface area contributed by atoms with Crippen molar-refractivity contribution in [3.05, 3.63) is 59.2 Å². The molecule has 1 aliphatic heterocycles. The van der Waals surface area contributed by atoms with Crippen molar-refractivity contribution in [1.29, 1.82) is 0 Å². The molecule has 0 radical (unpaired) electrons. The highest BCUT2D eigenvalue weighted by Crippen LogP contribution is 2.56. The minimum atomic E-state index is -0.212. The van der Waals surface area contributed by atoms with Crippen LogP contribution in [-0.2, 0) is 9.59 Å². The predicted molar refractivity (Wildman–Crippen MR) is 111 cm³/mol. The summed E-state index contributed by atoms with van der Waals surface area (Å²) in [5.41, 5.74) is 3.98. The van der Waals surface area contributed by atoms with Crippen LogP contribution < -0.4 is 10.2 Å². The molecule has 1 heterocycles. The standard InChI is InChI=1S/C24H24N2O3/c1-13-9-14(2)11-18(10-13)25-22(27)15-5-7-19(8-6-15)26-23(28)20-16-3-4-17(12-16)21(20)24(26)29/h5-11,16-17,20-21H,3-4,12H2,1-2H3,(H,25,27)/t16-,17+,20-,21+. The molecular formula is C24H24N2O3. The maximum Gasteiger partial charge on any atom is 0.255 e. The van der Waals surface area contributed by atoms with Crippen molar-refractivity contribution < 1.29 is 14.4 Å². The van der Waals surface area contributed by atoms with E-state index < -0.39 is 0 Å². The van der Waals surface area contributed by atoms with E-state index in [-0.39, 0.29) is 29.6 Å². The normalized spacial score (nSPS) is 27.4. The van der Waals surface area contributed by atoms with Crippen LogP contribution in [0.1, 0.15) is 40.7 Å². The third-order valence-corrected chi connectivity index (χ3v) is 6.79. The van der Waals surface area contributed by atoms with Gasteiger partial charge in [0.2, 0.25) is 11.8 Å². The molecule has 1 saturated heterocycles. The molecule has 0 aromatic heterocycles. The minimum Gasteiger partial charge on any atom is -0.322 e. The van der Waals surface area contributed by atoms with Gasteiger partial charge in [0.15, 0.2) is 0 Å². The third-order valence-electron chi connectivity index (χ3n) is 6.79. The van der Waals surface area contributed by atoms with Gasteiger partial charge in [0.05, 0.1) is 17.5 Å². The fourth-order valence-corrected chi connectivity index (χ4v) is 5.68. The highest BCUT2D eigenvalue weighted by molar-refractivity contribution is 6.22. The van der Waals surface area contributed by atoms with Gasteiger partial charge in [-0.2, -0.15) is 0 Å². The van der Waals surface area contributed by atoms with Crippen molar-refractivity contribution in [1.82, 2.24) is 0 Å². The van der Waals surface area contributed by atoms with Crippen LogP contribution in [0, 0.1) is 37.5 Å². The van der Waals surface area contributed by atoms with Crippen LogP contribution in [0.5, 0.6) is 0 Å². The number of imide groups is 1. The molecule has 5 heteroatoms. The Hall–Kier alpha value is -2.95. The van der Waals surface area contributed by atoms with Crippen LogP contribution in [0.3, 0.4) is 0 Å². The number of hydrogen-bond donors (Lipinski definition) is 1. The van der Waals surface area contributed by atoms with Crippen LogP contribution >= 0.6 is 0 Å². The van der Waals surface area contributed by atoms with E-state index in [1.165, 1.54) is 4.90 Å². The van der Waals surface area contributed by atoms with E-state index in [9.17, 15) is 14.4 Å². The van der Waals surface area contributed by atoms with E-state index in [4.69, 9.17) is 0 Å². The van der Waals surface area contributed by atoms with E-state index in [0.29, 0.717) is 23.1 Å². The second-order valence-electron chi connectivity index (χ2n) is 8.77. The molecule has 29 heavy (non-hydrogen) atoms. The molecule has 2 aromatic carbocycles. The van der Waals surface area contributed by atoms with Gasteiger partial charge < -0.3 is 5.32 Å². The molecule has 2 saturated carbocycles. The number of carbonyl (C=O) groups is 3. The van der Waals surface area contributed by atoms with Gasteiger partial charge in [-0.25, -0.2) is 0 Å². The van der Waals surface area contributed by atoms with E-state index in [0.717, 1.165) is 36.1 Å². The van der Waals surface area contributed by atoms with E-state index in [2.05, 4.69) is 11.4 Å². The van der Waals surface area contributed by atoms with Crippen molar-refractivity contribution in [3.8, 4) is 0 Å². The Morgan fingerprint density at radius 3 is 2.00 bits per heavy atom. The SMILES string of the molecule is Cc1cc(C)cc(NC(=O)c2ccc(N3C(=O)[C@@H]4[C@@H]5CC[C@@H](C5)[C@@H]4C3=O)cc2)c1. The number of aryl methyl sites for hydroxylation is 2. The van der Waals surface area contributed by atoms with Gasteiger partial charge in [0.1, 0.15) is 0 Å². The fraction of sp³-hybridized carbons (Fsp3) is 0.375. The van der Waals surface area contributed by atoms with Crippen molar-refractivity contribution in [3.63, 3.8) is 0 Å². The molecule has 2 bridgehead atoms. The zero-order chi connectivity index (χ0) is 20.3. The molecule has 5 rings (SSSR count). The van der Waals surface area contributed by atoms with Gasteiger partial charge in [0, 0.05) is 11.3 Å². The lowest BCUT2D eigenvalue weighted by Crippen LogP contribution is -2.32. The average molecular weight is 388 g/mol. The first-order chi connectivity index (χ1) is 13.9. The highest BCUT2D eigenvalue weighted by atomic mass is 16.2. The molecule has 2 aliphatic carbocycles. The molecule has 3 fully saturated rings. The maximum absolute atomic E-state index is 12.9. The van der Waals surface area contributed by atoms with Crippen LogP contribution in [0.25, 0.3) is 0 Å². The Bertz CT molecular complexity index is 979. The summed E-state index contributed by atoms with van der Waals surface area (Å²) in [5.74, 6) is 0.154. The van der Waals surface area contributed by atoms with Crippen LogP contribution in [0.15, 0.2) is 42.5 Å². The number of nitrogens with zero attached hydrogens (tertiary/aromatic N) is 1. The number of rotatable bonds is 3. The van der Waals surface area contributed by atoms with Gasteiger partial charge in [-0.3, -0.25) is 19.3 Å². The summed E-state index contributed by atoms with van der Waals surface area (Å²) in [5, 5.41) is 2.91. The lowest BCUT2D eigenvalue weighted by Gasteiger charge is -2.19. The first-order valence-corrected chi connectivity index (χ1v) is 10.3. The summed E-state index contributed by atoms with van der Waals surface area (Å²) in [4.78, 5) is 39.8. The molecule has 1 N–H and O–H groups in total. The van der Waals surface area contributed by atoms with E-state index in [1.807, 2.05) is 26.0 Å². The number of hydrogen-bond acceptors (Lipinski definition) is 3. The first-order valence-electron chi connectivity index (χ1n) is 10.3. The number of nitrogens with one attached hydrogen (secondary N) is 1. The average Bonchev–Trinajstić information content (AvgIpc) is 3.35. The number of carbonyl (C=O) groups excluding carboxylic acids is 3.